The Kier molecular flexibility index (Phi) is 3.64. The molecule has 1 aromatic carbocycles. The molecule has 1 heterocycles. The summed E-state index contributed by atoms with van der Waals surface area (Å²) >= 11 is 0. The van der Waals surface area contributed by atoms with Crippen LogP contribution in [0.3, 0.4) is 0 Å². The molecule has 1 fully saturated rings. The molecule has 1 aliphatic heterocycles. The number of halogens is 4. The number of nitrogens with one attached hydrogen (secondary N) is 1. The van der Waals surface area contributed by atoms with Gasteiger partial charge in [0.15, 0.2) is 0 Å². The van der Waals surface area contributed by atoms with Crippen molar-refractivity contribution < 1.29 is 22.4 Å². The fourth-order valence-corrected chi connectivity index (χ4v) is 1.95. The van der Waals surface area contributed by atoms with Crippen LogP contribution in [0.2, 0.25) is 0 Å². The molecule has 1 saturated heterocycles. The van der Waals surface area contributed by atoms with Crippen molar-refractivity contribution in [1.82, 2.24) is 4.90 Å². The van der Waals surface area contributed by atoms with Gasteiger partial charge in [0.05, 0.1) is 5.56 Å². The zero-order valence-electron chi connectivity index (χ0n) is 9.93. The third-order valence-electron chi connectivity index (χ3n) is 2.92. The molecule has 1 N–H and O–H groups in total. The molecule has 1 aromatic rings. The molecule has 0 aromatic heterocycles. The molecule has 2 rings (SSSR count). The summed E-state index contributed by atoms with van der Waals surface area (Å²) in [6.07, 6.45) is -2.94. The molecule has 0 aliphatic carbocycles. The maximum atomic E-state index is 13.3. The number of urea groups is 1. The average molecular weight is 276 g/mol. The van der Waals surface area contributed by atoms with Gasteiger partial charge in [-0.1, -0.05) is 0 Å². The van der Waals surface area contributed by atoms with Crippen LogP contribution in [0.15, 0.2) is 18.2 Å². The molecular weight excluding hydrogens is 264 g/mol. The van der Waals surface area contributed by atoms with Gasteiger partial charge in [-0.05, 0) is 31.0 Å². The van der Waals surface area contributed by atoms with E-state index in [4.69, 9.17) is 0 Å². The first-order valence-electron chi connectivity index (χ1n) is 5.80. The molecule has 0 unspecified atom stereocenters. The fraction of sp³-hybridized carbons (Fsp3) is 0.417. The van der Waals surface area contributed by atoms with Gasteiger partial charge in [0, 0.05) is 18.8 Å². The predicted octanol–water partition coefficient (Wildman–Crippen LogP) is 3.47. The number of likely N-dealkylation sites (tertiary alicyclic amines) is 1. The molecule has 3 nitrogen and oxygen atoms in total. The quantitative estimate of drug-likeness (QED) is 0.783. The lowest BCUT2D eigenvalue weighted by Gasteiger charge is -2.16. The van der Waals surface area contributed by atoms with E-state index >= 15 is 0 Å². The van der Waals surface area contributed by atoms with E-state index in [0.29, 0.717) is 25.2 Å². The summed E-state index contributed by atoms with van der Waals surface area (Å²) in [5, 5.41) is 2.38. The number of amides is 2. The van der Waals surface area contributed by atoms with Crippen LogP contribution >= 0.6 is 0 Å². The number of nitrogens with zero attached hydrogens (tertiary/aromatic N) is 1. The lowest BCUT2D eigenvalue weighted by Crippen LogP contribution is -2.32. The first-order chi connectivity index (χ1) is 8.88. The van der Waals surface area contributed by atoms with E-state index in [1.807, 2.05) is 0 Å². The second kappa shape index (κ2) is 5.07. The van der Waals surface area contributed by atoms with Crippen molar-refractivity contribution in [1.29, 1.82) is 0 Å². The highest BCUT2D eigenvalue weighted by molar-refractivity contribution is 5.89. The van der Waals surface area contributed by atoms with Gasteiger partial charge in [-0.25, -0.2) is 9.18 Å². The molecule has 0 spiro atoms. The normalized spacial score (nSPS) is 15.7. The lowest BCUT2D eigenvalue weighted by molar-refractivity contribution is -0.139. The van der Waals surface area contributed by atoms with Gasteiger partial charge >= 0.3 is 12.2 Å². The molecular formula is C12H12F4N2O. The van der Waals surface area contributed by atoms with Crippen LogP contribution in [-0.4, -0.2) is 24.0 Å². The summed E-state index contributed by atoms with van der Waals surface area (Å²) in [7, 11) is 0. The zero-order valence-corrected chi connectivity index (χ0v) is 9.93. The minimum Gasteiger partial charge on any atom is -0.325 e. The summed E-state index contributed by atoms with van der Waals surface area (Å²) in [6, 6.07) is 1.92. The Balaban J connectivity index is 2.10. The Labute approximate surface area is 107 Å². The highest BCUT2D eigenvalue weighted by atomic mass is 19.4. The Morgan fingerprint density at radius 2 is 1.84 bits per heavy atom. The van der Waals surface area contributed by atoms with Crippen LogP contribution < -0.4 is 5.32 Å². The zero-order chi connectivity index (χ0) is 14.0. The van der Waals surface area contributed by atoms with Gasteiger partial charge in [-0.2, -0.15) is 13.2 Å². The maximum absolute atomic E-state index is 13.3. The summed E-state index contributed by atoms with van der Waals surface area (Å²) in [5.74, 6) is -1.40. The van der Waals surface area contributed by atoms with Crippen molar-refractivity contribution in [3.05, 3.63) is 29.6 Å². The maximum Gasteiger partial charge on any atom is 0.419 e. The highest BCUT2D eigenvalue weighted by Gasteiger charge is 2.34. The van der Waals surface area contributed by atoms with E-state index in [1.54, 1.807) is 0 Å². The van der Waals surface area contributed by atoms with Gasteiger partial charge < -0.3 is 10.2 Å². The number of anilines is 1. The minimum atomic E-state index is -4.73. The molecule has 0 saturated carbocycles. The van der Waals surface area contributed by atoms with Gasteiger partial charge in [0.1, 0.15) is 5.82 Å². The fourth-order valence-electron chi connectivity index (χ4n) is 1.95. The third kappa shape index (κ3) is 3.15. The monoisotopic (exact) mass is 276 g/mol. The van der Waals surface area contributed by atoms with Gasteiger partial charge in [-0.15, -0.1) is 0 Å². The predicted molar refractivity (Wildman–Crippen MR) is 61.2 cm³/mol. The minimum absolute atomic E-state index is 0.0161. The first kappa shape index (κ1) is 13.6. The van der Waals surface area contributed by atoms with Crippen LogP contribution in [0.25, 0.3) is 0 Å². The molecule has 1 aliphatic rings. The Hall–Kier alpha value is -1.79. The van der Waals surface area contributed by atoms with Crippen LogP contribution in [0.4, 0.5) is 28.0 Å². The Morgan fingerprint density at radius 3 is 2.37 bits per heavy atom. The van der Waals surface area contributed by atoms with Crippen LogP contribution in [0.5, 0.6) is 0 Å². The number of carbonyl (C=O) groups excluding carboxylic acids is 1. The Bertz CT molecular complexity index is 481. The standard InChI is InChI=1S/C12H12F4N2O/c13-10-7-8(3-4-9(10)12(14,15)16)17-11(19)18-5-1-2-6-18/h3-4,7H,1-2,5-6H2,(H,17,19). The van der Waals surface area contributed by atoms with Crippen molar-refractivity contribution in [2.45, 2.75) is 19.0 Å². The van der Waals surface area contributed by atoms with Crippen molar-refractivity contribution in [2.75, 3.05) is 18.4 Å². The number of alkyl halides is 3. The van der Waals surface area contributed by atoms with E-state index in [-0.39, 0.29) is 5.69 Å². The highest BCUT2D eigenvalue weighted by Crippen LogP contribution is 2.32. The topological polar surface area (TPSA) is 32.3 Å². The average Bonchev–Trinajstić information content (AvgIpc) is 2.80. The van der Waals surface area contributed by atoms with E-state index in [2.05, 4.69) is 5.32 Å². The number of benzene rings is 1. The number of rotatable bonds is 1. The number of hydrogen-bond acceptors (Lipinski definition) is 1. The van der Waals surface area contributed by atoms with Crippen LogP contribution in [0, 0.1) is 5.82 Å². The molecule has 104 valence electrons. The first-order valence-corrected chi connectivity index (χ1v) is 5.80. The smallest absolute Gasteiger partial charge is 0.325 e. The summed E-state index contributed by atoms with van der Waals surface area (Å²) in [6.45, 7) is 1.21. The SMILES string of the molecule is O=C(Nc1ccc(C(F)(F)F)c(F)c1)N1CCCC1. The largest absolute Gasteiger partial charge is 0.419 e. The van der Waals surface area contributed by atoms with E-state index in [9.17, 15) is 22.4 Å². The van der Waals surface area contributed by atoms with Crippen molar-refractivity contribution in [3.63, 3.8) is 0 Å². The lowest BCUT2D eigenvalue weighted by atomic mass is 10.2. The van der Waals surface area contributed by atoms with Crippen molar-refractivity contribution in [3.8, 4) is 0 Å². The molecule has 2 amide bonds. The van der Waals surface area contributed by atoms with Gasteiger partial charge in [0.2, 0.25) is 0 Å². The number of carbonyl (C=O) groups is 1. The van der Waals surface area contributed by atoms with Crippen molar-refractivity contribution >= 4 is 11.7 Å². The number of hydrogen-bond donors (Lipinski definition) is 1. The molecule has 19 heavy (non-hydrogen) atoms. The molecule has 7 heteroatoms. The molecule has 0 radical (unpaired) electrons. The Morgan fingerprint density at radius 1 is 1.21 bits per heavy atom. The van der Waals surface area contributed by atoms with Crippen LogP contribution in [0.1, 0.15) is 18.4 Å². The van der Waals surface area contributed by atoms with E-state index < -0.39 is 23.6 Å². The van der Waals surface area contributed by atoms with Gasteiger partial charge in [-0.3, -0.25) is 0 Å². The van der Waals surface area contributed by atoms with Gasteiger partial charge in [0.25, 0.3) is 0 Å². The molecule has 0 atom stereocenters. The molecule has 0 bridgehead atoms. The second-order valence-corrected chi connectivity index (χ2v) is 4.32. The summed E-state index contributed by atoms with van der Waals surface area (Å²) in [5.41, 5.74) is -1.32. The summed E-state index contributed by atoms with van der Waals surface area (Å²) in [4.78, 5) is 13.2. The second-order valence-electron chi connectivity index (χ2n) is 4.32. The van der Waals surface area contributed by atoms with Crippen LogP contribution in [-0.2, 0) is 6.18 Å². The summed E-state index contributed by atoms with van der Waals surface area (Å²) < 4.78 is 50.3. The van der Waals surface area contributed by atoms with E-state index in [1.165, 1.54) is 4.90 Å². The van der Waals surface area contributed by atoms with Crippen molar-refractivity contribution in [2.24, 2.45) is 0 Å². The van der Waals surface area contributed by atoms with E-state index in [0.717, 1.165) is 18.9 Å². The third-order valence-corrected chi connectivity index (χ3v) is 2.92.